The van der Waals surface area contributed by atoms with Crippen LogP contribution in [-0.4, -0.2) is 30.2 Å². The molecule has 0 saturated carbocycles. The Morgan fingerprint density at radius 2 is 2.10 bits per heavy atom. The lowest BCUT2D eigenvalue weighted by Crippen LogP contribution is -2.39. The molecule has 0 aliphatic carbocycles. The Kier molecular flexibility index (Phi) is 6.40. The average Bonchev–Trinajstić information content (AvgIpc) is 3.11. The van der Waals surface area contributed by atoms with Gasteiger partial charge in [-0.15, -0.1) is 0 Å². The first-order valence-corrected chi connectivity index (χ1v) is 7.94. The minimum atomic E-state index is 0.693. The SMILES string of the molecule is CCNC(=NCCc1ccc(Br)o1)NCCn1cccc1. The van der Waals surface area contributed by atoms with E-state index in [9.17, 15) is 0 Å². The van der Waals surface area contributed by atoms with Gasteiger partial charge in [-0.2, -0.15) is 0 Å². The second-order valence-electron chi connectivity index (χ2n) is 4.56. The van der Waals surface area contributed by atoms with E-state index in [-0.39, 0.29) is 0 Å². The Morgan fingerprint density at radius 3 is 2.76 bits per heavy atom. The van der Waals surface area contributed by atoms with Gasteiger partial charge in [0.2, 0.25) is 0 Å². The van der Waals surface area contributed by atoms with Crippen LogP contribution in [-0.2, 0) is 13.0 Å². The third-order valence-corrected chi connectivity index (χ3v) is 3.36. The van der Waals surface area contributed by atoms with E-state index >= 15 is 0 Å². The zero-order valence-corrected chi connectivity index (χ0v) is 13.8. The number of furan rings is 1. The Labute approximate surface area is 133 Å². The van der Waals surface area contributed by atoms with Crippen molar-refractivity contribution in [1.82, 2.24) is 15.2 Å². The fraction of sp³-hybridized carbons (Fsp3) is 0.400. The first-order chi connectivity index (χ1) is 10.3. The maximum absolute atomic E-state index is 5.46. The van der Waals surface area contributed by atoms with Crippen LogP contribution in [0.4, 0.5) is 0 Å². The molecular formula is C15H21BrN4O. The van der Waals surface area contributed by atoms with Gasteiger partial charge in [0.1, 0.15) is 5.76 Å². The highest BCUT2D eigenvalue weighted by molar-refractivity contribution is 9.10. The van der Waals surface area contributed by atoms with Crippen LogP contribution in [0.3, 0.4) is 0 Å². The normalized spacial score (nSPS) is 11.6. The molecule has 6 heteroatoms. The molecule has 0 saturated heterocycles. The second kappa shape index (κ2) is 8.56. The lowest BCUT2D eigenvalue weighted by Gasteiger charge is -2.11. The van der Waals surface area contributed by atoms with E-state index in [1.165, 1.54) is 0 Å². The molecule has 2 aromatic rings. The van der Waals surface area contributed by atoms with E-state index in [0.29, 0.717) is 6.54 Å². The van der Waals surface area contributed by atoms with Crippen LogP contribution in [0.15, 0.2) is 50.7 Å². The van der Waals surface area contributed by atoms with E-state index in [2.05, 4.69) is 55.4 Å². The molecule has 2 N–H and O–H groups in total. The van der Waals surface area contributed by atoms with Gasteiger partial charge in [-0.1, -0.05) is 0 Å². The van der Waals surface area contributed by atoms with Gasteiger partial charge in [0.25, 0.3) is 0 Å². The van der Waals surface area contributed by atoms with Crippen LogP contribution < -0.4 is 10.6 Å². The van der Waals surface area contributed by atoms with E-state index in [0.717, 1.165) is 42.4 Å². The summed E-state index contributed by atoms with van der Waals surface area (Å²) in [6.45, 7) is 5.36. The Bertz CT molecular complexity index is 548. The number of hydrogen-bond acceptors (Lipinski definition) is 2. The van der Waals surface area contributed by atoms with Crippen molar-refractivity contribution >= 4 is 21.9 Å². The van der Waals surface area contributed by atoms with Crippen molar-refractivity contribution in [2.75, 3.05) is 19.6 Å². The van der Waals surface area contributed by atoms with Crippen molar-refractivity contribution in [2.45, 2.75) is 19.9 Å². The maximum atomic E-state index is 5.46. The smallest absolute Gasteiger partial charge is 0.191 e. The largest absolute Gasteiger partial charge is 0.454 e. The van der Waals surface area contributed by atoms with Gasteiger partial charge < -0.3 is 19.6 Å². The predicted molar refractivity (Wildman–Crippen MR) is 88.5 cm³/mol. The molecule has 0 bridgehead atoms. The fourth-order valence-corrected chi connectivity index (χ4v) is 2.27. The third kappa shape index (κ3) is 5.67. The number of nitrogens with one attached hydrogen (secondary N) is 2. The minimum Gasteiger partial charge on any atom is -0.454 e. The first kappa shape index (κ1) is 15.7. The summed E-state index contributed by atoms with van der Waals surface area (Å²) in [6, 6.07) is 7.92. The van der Waals surface area contributed by atoms with Gasteiger partial charge in [0.15, 0.2) is 10.6 Å². The average molecular weight is 353 g/mol. The van der Waals surface area contributed by atoms with Gasteiger partial charge in [0, 0.05) is 45.0 Å². The molecule has 0 atom stereocenters. The molecule has 0 radical (unpaired) electrons. The topological polar surface area (TPSA) is 54.5 Å². The van der Waals surface area contributed by atoms with Gasteiger partial charge >= 0.3 is 0 Å². The standard InChI is InChI=1S/C15H21BrN4O/c1-2-17-15(19-9-12-20-10-3-4-11-20)18-8-7-13-5-6-14(16)21-13/h3-6,10-11H,2,7-9,12H2,1H3,(H2,17,18,19). The van der Waals surface area contributed by atoms with Gasteiger partial charge in [-0.3, -0.25) is 4.99 Å². The van der Waals surface area contributed by atoms with Crippen LogP contribution in [0.2, 0.25) is 0 Å². The summed E-state index contributed by atoms with van der Waals surface area (Å²) in [4.78, 5) is 4.55. The quantitative estimate of drug-likeness (QED) is 0.594. The van der Waals surface area contributed by atoms with Gasteiger partial charge in [-0.05, 0) is 47.1 Å². The predicted octanol–water partition coefficient (Wildman–Crippen LogP) is 2.64. The number of halogens is 1. The van der Waals surface area contributed by atoms with Crippen molar-refractivity contribution in [3.05, 3.63) is 47.1 Å². The number of guanidine groups is 1. The molecule has 0 unspecified atom stereocenters. The van der Waals surface area contributed by atoms with Crippen LogP contribution in [0.25, 0.3) is 0 Å². The van der Waals surface area contributed by atoms with Crippen molar-refractivity contribution < 1.29 is 4.42 Å². The minimum absolute atomic E-state index is 0.693. The summed E-state index contributed by atoms with van der Waals surface area (Å²) in [6.07, 6.45) is 4.90. The third-order valence-electron chi connectivity index (χ3n) is 2.93. The molecule has 0 spiro atoms. The monoisotopic (exact) mass is 352 g/mol. The maximum Gasteiger partial charge on any atom is 0.191 e. The van der Waals surface area contributed by atoms with Crippen molar-refractivity contribution in [3.8, 4) is 0 Å². The van der Waals surface area contributed by atoms with Crippen molar-refractivity contribution in [1.29, 1.82) is 0 Å². The molecule has 0 aliphatic heterocycles. The molecule has 114 valence electrons. The molecule has 2 rings (SSSR count). The molecule has 0 aromatic carbocycles. The molecule has 2 heterocycles. The van der Waals surface area contributed by atoms with Crippen LogP contribution in [0, 0.1) is 0 Å². The van der Waals surface area contributed by atoms with E-state index in [1.54, 1.807) is 0 Å². The van der Waals surface area contributed by atoms with Crippen molar-refractivity contribution in [2.24, 2.45) is 4.99 Å². The summed E-state index contributed by atoms with van der Waals surface area (Å²) in [5, 5.41) is 6.57. The molecular weight excluding hydrogens is 332 g/mol. The first-order valence-electron chi connectivity index (χ1n) is 7.15. The van der Waals surface area contributed by atoms with Gasteiger partial charge in [-0.25, -0.2) is 0 Å². The fourth-order valence-electron chi connectivity index (χ4n) is 1.93. The summed E-state index contributed by atoms with van der Waals surface area (Å²) in [7, 11) is 0. The second-order valence-corrected chi connectivity index (χ2v) is 5.35. The summed E-state index contributed by atoms with van der Waals surface area (Å²) in [5.74, 6) is 1.78. The molecule has 2 aromatic heterocycles. The summed E-state index contributed by atoms with van der Waals surface area (Å²) >= 11 is 3.30. The molecule has 21 heavy (non-hydrogen) atoms. The Morgan fingerprint density at radius 1 is 1.29 bits per heavy atom. The lowest BCUT2D eigenvalue weighted by atomic mass is 10.3. The molecule has 0 amide bonds. The number of aromatic nitrogens is 1. The van der Waals surface area contributed by atoms with Crippen molar-refractivity contribution in [3.63, 3.8) is 0 Å². The lowest BCUT2D eigenvalue weighted by molar-refractivity contribution is 0.489. The van der Waals surface area contributed by atoms with E-state index in [4.69, 9.17) is 4.42 Å². The summed E-state index contributed by atoms with van der Waals surface area (Å²) in [5.41, 5.74) is 0. The highest BCUT2D eigenvalue weighted by Gasteiger charge is 2.00. The van der Waals surface area contributed by atoms with Crippen LogP contribution in [0.5, 0.6) is 0 Å². The van der Waals surface area contributed by atoms with Gasteiger partial charge in [0.05, 0.1) is 0 Å². The number of nitrogens with zero attached hydrogens (tertiary/aromatic N) is 2. The highest BCUT2D eigenvalue weighted by Crippen LogP contribution is 2.14. The number of rotatable bonds is 7. The Hall–Kier alpha value is -1.69. The Balaban J connectivity index is 1.75. The highest BCUT2D eigenvalue weighted by atomic mass is 79.9. The molecule has 0 aliphatic rings. The summed E-state index contributed by atoms with van der Waals surface area (Å²) < 4.78 is 8.36. The van der Waals surface area contributed by atoms with E-state index < -0.39 is 0 Å². The zero-order valence-electron chi connectivity index (χ0n) is 12.2. The van der Waals surface area contributed by atoms with Crippen LogP contribution >= 0.6 is 15.9 Å². The molecule has 0 fully saturated rings. The molecule has 5 nitrogen and oxygen atoms in total. The number of aliphatic imine (C=N–C) groups is 1. The number of hydrogen-bond donors (Lipinski definition) is 2. The zero-order chi connectivity index (χ0) is 14.9. The van der Waals surface area contributed by atoms with E-state index in [1.807, 2.05) is 24.3 Å². The van der Waals surface area contributed by atoms with Crippen LogP contribution in [0.1, 0.15) is 12.7 Å².